The number of rotatable bonds is 2. The van der Waals surface area contributed by atoms with E-state index >= 15 is 0 Å². The van der Waals surface area contributed by atoms with Gasteiger partial charge in [-0.15, -0.1) is 0 Å². The normalized spacial score (nSPS) is 12.8. The molecule has 0 aliphatic carbocycles. The summed E-state index contributed by atoms with van der Waals surface area (Å²) in [4.78, 5) is 3.74. The van der Waals surface area contributed by atoms with Crippen molar-refractivity contribution in [3.8, 4) is 5.75 Å². The zero-order valence-corrected chi connectivity index (χ0v) is 13.4. The fraction of sp³-hybridized carbons (Fsp3) is 0.278. The van der Waals surface area contributed by atoms with E-state index < -0.39 is 23.2 Å². The van der Waals surface area contributed by atoms with Crippen molar-refractivity contribution in [2.75, 3.05) is 0 Å². The van der Waals surface area contributed by atoms with Gasteiger partial charge in [0.25, 0.3) is 0 Å². The summed E-state index contributed by atoms with van der Waals surface area (Å²) in [5.41, 5.74) is -1.40. The molecule has 0 atom stereocenters. The van der Waals surface area contributed by atoms with Crippen molar-refractivity contribution in [2.24, 2.45) is 4.99 Å². The minimum atomic E-state index is -4.85. The number of para-hydroxylation sites is 1. The fourth-order valence-electron chi connectivity index (χ4n) is 2.31. The smallest absolute Gasteiger partial charge is 0.421 e. The van der Waals surface area contributed by atoms with Crippen LogP contribution < -0.4 is 0 Å². The SMILES string of the molecule is CC(C)(C)c1cccc(C=Nc2cccc(F)c2C(F)(F)F)c1O. The Labute approximate surface area is 137 Å². The lowest BCUT2D eigenvalue weighted by Gasteiger charge is -2.21. The number of hydrogen-bond donors (Lipinski definition) is 1. The zero-order valence-electron chi connectivity index (χ0n) is 13.4. The van der Waals surface area contributed by atoms with Crippen molar-refractivity contribution < 1.29 is 22.7 Å². The molecule has 1 N–H and O–H groups in total. The number of halogens is 4. The number of nitrogens with zero attached hydrogens (tertiary/aromatic N) is 1. The molecule has 128 valence electrons. The van der Waals surface area contributed by atoms with Gasteiger partial charge in [0.2, 0.25) is 0 Å². The van der Waals surface area contributed by atoms with Gasteiger partial charge in [-0.25, -0.2) is 4.39 Å². The third kappa shape index (κ3) is 3.75. The highest BCUT2D eigenvalue weighted by molar-refractivity contribution is 5.86. The minimum absolute atomic E-state index is 0.0567. The first-order chi connectivity index (χ1) is 11.0. The van der Waals surface area contributed by atoms with Crippen molar-refractivity contribution in [3.63, 3.8) is 0 Å². The average Bonchev–Trinajstić information content (AvgIpc) is 2.43. The van der Waals surface area contributed by atoms with Crippen LogP contribution in [0.3, 0.4) is 0 Å². The molecule has 0 heterocycles. The lowest BCUT2D eigenvalue weighted by atomic mass is 9.85. The van der Waals surface area contributed by atoms with E-state index in [4.69, 9.17) is 0 Å². The van der Waals surface area contributed by atoms with Crippen LogP contribution in [0.5, 0.6) is 5.75 Å². The number of aliphatic imine (C=N–C) groups is 1. The van der Waals surface area contributed by atoms with Crippen LogP contribution in [0, 0.1) is 5.82 Å². The first kappa shape index (κ1) is 18.0. The maximum atomic E-state index is 13.5. The van der Waals surface area contributed by atoms with Crippen LogP contribution in [0.2, 0.25) is 0 Å². The maximum absolute atomic E-state index is 13.5. The van der Waals surface area contributed by atoms with Gasteiger partial charge in [-0.3, -0.25) is 4.99 Å². The Morgan fingerprint density at radius 3 is 2.21 bits per heavy atom. The Balaban J connectivity index is 2.49. The second kappa shape index (κ2) is 6.26. The molecule has 0 unspecified atom stereocenters. The molecule has 0 fully saturated rings. The van der Waals surface area contributed by atoms with E-state index in [0.717, 1.165) is 24.4 Å². The van der Waals surface area contributed by atoms with Gasteiger partial charge in [-0.2, -0.15) is 13.2 Å². The van der Waals surface area contributed by atoms with Gasteiger partial charge >= 0.3 is 6.18 Å². The highest BCUT2D eigenvalue weighted by Gasteiger charge is 2.36. The van der Waals surface area contributed by atoms with Crippen molar-refractivity contribution in [2.45, 2.75) is 32.4 Å². The largest absolute Gasteiger partial charge is 0.507 e. The van der Waals surface area contributed by atoms with E-state index in [1.54, 1.807) is 12.1 Å². The Bertz CT molecular complexity index is 774. The Morgan fingerprint density at radius 1 is 1.00 bits per heavy atom. The van der Waals surface area contributed by atoms with E-state index in [2.05, 4.69) is 4.99 Å². The van der Waals surface area contributed by atoms with Crippen LogP contribution in [-0.2, 0) is 11.6 Å². The molecular weight excluding hydrogens is 322 g/mol. The topological polar surface area (TPSA) is 32.6 Å². The molecule has 2 aromatic rings. The number of alkyl halides is 3. The number of hydrogen-bond acceptors (Lipinski definition) is 2. The molecule has 2 nitrogen and oxygen atoms in total. The third-order valence-corrected chi connectivity index (χ3v) is 3.49. The molecule has 2 aromatic carbocycles. The number of phenols is 1. The van der Waals surface area contributed by atoms with Gasteiger partial charge in [-0.05, 0) is 29.2 Å². The summed E-state index contributed by atoms with van der Waals surface area (Å²) >= 11 is 0. The molecule has 0 saturated heterocycles. The van der Waals surface area contributed by atoms with Crippen molar-refractivity contribution in [1.82, 2.24) is 0 Å². The summed E-state index contributed by atoms with van der Waals surface area (Å²) in [7, 11) is 0. The monoisotopic (exact) mass is 339 g/mol. The molecule has 0 amide bonds. The lowest BCUT2D eigenvalue weighted by Crippen LogP contribution is -2.11. The maximum Gasteiger partial charge on any atom is 0.421 e. The van der Waals surface area contributed by atoms with Gasteiger partial charge < -0.3 is 5.11 Å². The summed E-state index contributed by atoms with van der Waals surface area (Å²) in [5, 5.41) is 10.3. The average molecular weight is 339 g/mol. The van der Waals surface area contributed by atoms with Crippen LogP contribution in [0.1, 0.15) is 37.5 Å². The summed E-state index contributed by atoms with van der Waals surface area (Å²) in [5.74, 6) is -1.44. The van der Waals surface area contributed by atoms with E-state index in [9.17, 15) is 22.7 Å². The Kier molecular flexibility index (Phi) is 4.69. The molecular formula is C18H17F4NO. The molecule has 0 aliphatic heterocycles. The van der Waals surface area contributed by atoms with Gasteiger partial charge in [0, 0.05) is 11.8 Å². The summed E-state index contributed by atoms with van der Waals surface area (Å²) in [6.07, 6.45) is -3.75. The first-order valence-corrected chi connectivity index (χ1v) is 7.24. The second-order valence-corrected chi connectivity index (χ2v) is 6.38. The van der Waals surface area contributed by atoms with Crippen LogP contribution >= 0.6 is 0 Å². The van der Waals surface area contributed by atoms with Crippen molar-refractivity contribution in [3.05, 3.63) is 58.9 Å². The van der Waals surface area contributed by atoms with E-state index in [1.165, 1.54) is 6.07 Å². The highest BCUT2D eigenvalue weighted by Crippen LogP contribution is 2.38. The molecule has 0 aliphatic rings. The molecule has 0 bridgehead atoms. The molecule has 2 rings (SSSR count). The molecule has 0 saturated carbocycles. The highest BCUT2D eigenvalue weighted by atomic mass is 19.4. The number of aromatic hydroxyl groups is 1. The quantitative estimate of drug-likeness (QED) is 0.561. The first-order valence-electron chi connectivity index (χ1n) is 7.24. The predicted octanol–water partition coefficient (Wildman–Crippen LogP) is 5.60. The summed E-state index contributed by atoms with van der Waals surface area (Å²) < 4.78 is 52.4. The van der Waals surface area contributed by atoms with Crippen LogP contribution in [0.4, 0.5) is 23.2 Å². The minimum Gasteiger partial charge on any atom is -0.507 e. The Morgan fingerprint density at radius 2 is 1.62 bits per heavy atom. The van der Waals surface area contributed by atoms with Gasteiger partial charge in [-0.1, -0.05) is 39.0 Å². The summed E-state index contributed by atoms with van der Waals surface area (Å²) in [6.45, 7) is 5.70. The molecule has 24 heavy (non-hydrogen) atoms. The summed E-state index contributed by atoms with van der Waals surface area (Å²) in [6, 6.07) is 7.91. The second-order valence-electron chi connectivity index (χ2n) is 6.38. The van der Waals surface area contributed by atoms with E-state index in [-0.39, 0.29) is 16.7 Å². The van der Waals surface area contributed by atoms with Crippen molar-refractivity contribution in [1.29, 1.82) is 0 Å². The van der Waals surface area contributed by atoms with Gasteiger partial charge in [0.1, 0.15) is 17.1 Å². The number of benzene rings is 2. The zero-order chi connectivity index (χ0) is 18.1. The van der Waals surface area contributed by atoms with Crippen LogP contribution in [-0.4, -0.2) is 11.3 Å². The van der Waals surface area contributed by atoms with E-state index in [0.29, 0.717) is 5.56 Å². The number of phenolic OH excluding ortho intramolecular Hbond substituents is 1. The predicted molar refractivity (Wildman–Crippen MR) is 85.5 cm³/mol. The standard InChI is InChI=1S/C18H17F4NO/c1-17(2,3)12-7-4-6-11(16(12)24)10-23-14-9-5-8-13(19)15(14)18(20,21)22/h4-10,24H,1-3H3. The fourth-order valence-corrected chi connectivity index (χ4v) is 2.31. The van der Waals surface area contributed by atoms with Crippen LogP contribution in [0.15, 0.2) is 41.4 Å². The van der Waals surface area contributed by atoms with E-state index in [1.807, 2.05) is 20.8 Å². The van der Waals surface area contributed by atoms with Gasteiger partial charge in [0.15, 0.2) is 0 Å². The molecule has 0 spiro atoms. The van der Waals surface area contributed by atoms with Crippen molar-refractivity contribution >= 4 is 11.9 Å². The molecule has 0 aromatic heterocycles. The third-order valence-electron chi connectivity index (χ3n) is 3.49. The Hall–Kier alpha value is -2.37. The van der Waals surface area contributed by atoms with Crippen LogP contribution in [0.25, 0.3) is 0 Å². The van der Waals surface area contributed by atoms with Gasteiger partial charge in [0.05, 0.1) is 5.69 Å². The molecule has 0 radical (unpaired) electrons. The molecule has 6 heteroatoms. The lowest BCUT2D eigenvalue weighted by molar-refractivity contribution is -0.139.